The summed E-state index contributed by atoms with van der Waals surface area (Å²) < 4.78 is 0. The van der Waals surface area contributed by atoms with Crippen LogP contribution in [0.15, 0.2) is 35.3 Å². The molecule has 0 spiro atoms. The molecule has 25 heavy (non-hydrogen) atoms. The van der Waals surface area contributed by atoms with E-state index in [1.54, 1.807) is 11.1 Å². The Bertz CT molecular complexity index is 774. The van der Waals surface area contributed by atoms with Crippen molar-refractivity contribution >= 4 is 12.0 Å². The zero-order chi connectivity index (χ0) is 17.8. The van der Waals surface area contributed by atoms with Crippen LogP contribution in [0, 0.1) is 13.8 Å². The van der Waals surface area contributed by atoms with Crippen LogP contribution in [0.25, 0.3) is 0 Å². The van der Waals surface area contributed by atoms with Crippen LogP contribution in [0.3, 0.4) is 0 Å². The summed E-state index contributed by atoms with van der Waals surface area (Å²) in [4.78, 5) is 6.74. The Kier molecular flexibility index (Phi) is 5.57. The lowest BCUT2D eigenvalue weighted by Crippen LogP contribution is -2.14. The first-order valence-electron chi connectivity index (χ1n) is 9.52. The molecule has 2 aromatic rings. The highest BCUT2D eigenvalue weighted by Gasteiger charge is 2.11. The van der Waals surface area contributed by atoms with Crippen LogP contribution in [-0.4, -0.2) is 24.8 Å². The minimum Gasteiger partial charge on any atom is -0.366 e. The summed E-state index contributed by atoms with van der Waals surface area (Å²) >= 11 is 0. The summed E-state index contributed by atoms with van der Waals surface area (Å²) in [6.07, 6.45) is 8.13. The Hall–Kier alpha value is -2.09. The van der Waals surface area contributed by atoms with Crippen molar-refractivity contribution in [3.05, 3.63) is 63.7 Å². The number of aliphatic imine (C=N–C) groups is 1. The lowest BCUT2D eigenvalue weighted by atomic mass is 9.88. The van der Waals surface area contributed by atoms with Gasteiger partial charge in [-0.2, -0.15) is 0 Å². The molecule has 0 atom stereocenters. The Balaban J connectivity index is 1.81. The molecular formula is C23H30N2. The average Bonchev–Trinajstić information content (AvgIpc) is 2.63. The number of rotatable bonds is 5. The summed E-state index contributed by atoms with van der Waals surface area (Å²) in [5.74, 6) is 0. The van der Waals surface area contributed by atoms with E-state index in [-0.39, 0.29) is 0 Å². The van der Waals surface area contributed by atoms with Gasteiger partial charge in [0.1, 0.15) is 0 Å². The number of fused-ring (bicyclic) bond motifs is 1. The monoisotopic (exact) mass is 334 g/mol. The summed E-state index contributed by atoms with van der Waals surface area (Å²) in [6.45, 7) is 7.47. The molecule has 2 nitrogen and oxygen atoms in total. The van der Waals surface area contributed by atoms with E-state index in [2.05, 4.69) is 68.0 Å². The topological polar surface area (TPSA) is 15.6 Å². The molecule has 0 aliphatic heterocycles. The summed E-state index contributed by atoms with van der Waals surface area (Å²) in [5, 5.41) is 0. The molecule has 1 aliphatic rings. The summed E-state index contributed by atoms with van der Waals surface area (Å²) in [6, 6.07) is 11.6. The van der Waals surface area contributed by atoms with Gasteiger partial charge in [-0.1, -0.05) is 24.3 Å². The highest BCUT2D eigenvalue weighted by atomic mass is 15.1. The molecule has 1 aliphatic carbocycles. The predicted octanol–water partition coefficient (Wildman–Crippen LogP) is 5.38. The van der Waals surface area contributed by atoms with Crippen molar-refractivity contribution in [2.45, 2.75) is 52.9 Å². The maximum Gasteiger partial charge on any atom is 0.0909 e. The maximum absolute atomic E-state index is 4.64. The lowest BCUT2D eigenvalue weighted by molar-refractivity contribution is 0.552. The van der Waals surface area contributed by atoms with E-state index in [0.29, 0.717) is 0 Å². The number of hydrogen-bond acceptors (Lipinski definition) is 1. The Labute approximate surface area is 152 Å². The van der Waals surface area contributed by atoms with E-state index in [4.69, 9.17) is 0 Å². The molecule has 0 fully saturated rings. The van der Waals surface area contributed by atoms with Gasteiger partial charge in [-0.3, -0.25) is 0 Å². The van der Waals surface area contributed by atoms with Gasteiger partial charge in [-0.15, -0.1) is 0 Å². The minimum atomic E-state index is 0.970. The van der Waals surface area contributed by atoms with Gasteiger partial charge >= 0.3 is 0 Å². The number of nitrogens with zero attached hydrogens (tertiary/aromatic N) is 2. The largest absolute Gasteiger partial charge is 0.366 e. The van der Waals surface area contributed by atoms with Crippen molar-refractivity contribution in [2.24, 2.45) is 4.99 Å². The van der Waals surface area contributed by atoms with Crippen molar-refractivity contribution in [3.8, 4) is 0 Å². The predicted molar refractivity (Wildman–Crippen MR) is 108 cm³/mol. The van der Waals surface area contributed by atoms with Crippen LogP contribution in [0.4, 0.5) is 5.69 Å². The van der Waals surface area contributed by atoms with Gasteiger partial charge in [-0.05, 0) is 92.3 Å². The second-order valence-corrected chi connectivity index (χ2v) is 7.37. The molecule has 0 heterocycles. The van der Waals surface area contributed by atoms with Crippen LogP contribution in [0.2, 0.25) is 0 Å². The molecule has 2 aromatic carbocycles. The molecule has 0 aromatic heterocycles. The van der Waals surface area contributed by atoms with Gasteiger partial charge in [0, 0.05) is 13.6 Å². The van der Waals surface area contributed by atoms with Crippen LogP contribution >= 0.6 is 0 Å². The Morgan fingerprint density at radius 3 is 2.52 bits per heavy atom. The van der Waals surface area contributed by atoms with Gasteiger partial charge in [0.25, 0.3) is 0 Å². The van der Waals surface area contributed by atoms with Crippen LogP contribution in [-0.2, 0) is 19.3 Å². The number of aryl methyl sites for hydroxylation is 4. The van der Waals surface area contributed by atoms with Crippen molar-refractivity contribution in [1.82, 2.24) is 4.90 Å². The van der Waals surface area contributed by atoms with Crippen LogP contribution in [0.5, 0.6) is 0 Å². The van der Waals surface area contributed by atoms with Gasteiger partial charge in [0.05, 0.1) is 12.0 Å². The fourth-order valence-electron chi connectivity index (χ4n) is 3.55. The average molecular weight is 335 g/mol. The molecule has 0 radical (unpaired) electrons. The van der Waals surface area contributed by atoms with Crippen LogP contribution < -0.4 is 0 Å². The van der Waals surface area contributed by atoms with Crippen molar-refractivity contribution in [1.29, 1.82) is 0 Å². The fourth-order valence-corrected chi connectivity index (χ4v) is 3.55. The lowest BCUT2D eigenvalue weighted by Gasteiger charge is -2.17. The zero-order valence-electron chi connectivity index (χ0n) is 16.1. The molecule has 0 N–H and O–H groups in total. The first kappa shape index (κ1) is 17.7. The molecule has 0 unspecified atom stereocenters. The highest BCUT2D eigenvalue weighted by Crippen LogP contribution is 2.27. The van der Waals surface area contributed by atoms with Gasteiger partial charge in [-0.25, -0.2) is 4.99 Å². The molecule has 0 amide bonds. The van der Waals surface area contributed by atoms with Crippen molar-refractivity contribution in [3.63, 3.8) is 0 Å². The third-order valence-corrected chi connectivity index (χ3v) is 5.35. The molecule has 2 heteroatoms. The maximum atomic E-state index is 4.64. The van der Waals surface area contributed by atoms with E-state index in [0.717, 1.165) is 18.7 Å². The molecular weight excluding hydrogens is 304 g/mol. The summed E-state index contributed by atoms with van der Waals surface area (Å²) in [5.41, 5.74) is 9.64. The van der Waals surface area contributed by atoms with Gasteiger partial charge in [0.15, 0.2) is 0 Å². The molecule has 0 bridgehead atoms. The summed E-state index contributed by atoms with van der Waals surface area (Å²) in [7, 11) is 2.05. The highest BCUT2D eigenvalue weighted by molar-refractivity contribution is 5.64. The smallest absolute Gasteiger partial charge is 0.0909 e. The molecule has 0 saturated heterocycles. The van der Waals surface area contributed by atoms with Gasteiger partial charge < -0.3 is 4.90 Å². The Morgan fingerprint density at radius 2 is 1.76 bits per heavy atom. The quantitative estimate of drug-likeness (QED) is 0.529. The second kappa shape index (κ2) is 7.86. The first-order chi connectivity index (χ1) is 12.1. The standard InChI is InChI=1S/C23H30N2/c1-5-25(4)16-24-23-13-17(2)22(12-18(23)3)15-19-10-11-20-8-6-7-9-21(20)14-19/h10-14,16H,5-9,15H2,1-4H3/b24-16-. The van der Waals surface area contributed by atoms with Gasteiger partial charge in [0.2, 0.25) is 0 Å². The normalized spacial score (nSPS) is 13.9. The van der Waals surface area contributed by atoms with E-state index >= 15 is 0 Å². The number of benzene rings is 2. The zero-order valence-corrected chi connectivity index (χ0v) is 16.1. The molecule has 132 valence electrons. The van der Waals surface area contributed by atoms with Crippen molar-refractivity contribution < 1.29 is 0 Å². The van der Waals surface area contributed by atoms with E-state index in [9.17, 15) is 0 Å². The third kappa shape index (κ3) is 4.31. The van der Waals surface area contributed by atoms with E-state index in [1.807, 2.05) is 6.34 Å². The van der Waals surface area contributed by atoms with E-state index < -0.39 is 0 Å². The van der Waals surface area contributed by atoms with E-state index in [1.165, 1.54) is 47.9 Å². The molecule has 3 rings (SSSR count). The SMILES string of the molecule is CCN(C)/C=N\c1cc(C)c(Cc2ccc3c(c2)CCCC3)cc1C. The number of hydrogen-bond donors (Lipinski definition) is 0. The second-order valence-electron chi connectivity index (χ2n) is 7.37. The minimum absolute atomic E-state index is 0.970. The first-order valence-corrected chi connectivity index (χ1v) is 9.52. The fraction of sp³-hybridized carbons (Fsp3) is 0.435. The third-order valence-electron chi connectivity index (χ3n) is 5.35. The van der Waals surface area contributed by atoms with Crippen LogP contribution in [0.1, 0.15) is 53.1 Å². The van der Waals surface area contributed by atoms with Crippen molar-refractivity contribution in [2.75, 3.05) is 13.6 Å². The molecule has 0 saturated carbocycles. The Morgan fingerprint density at radius 1 is 1.00 bits per heavy atom.